The monoisotopic (exact) mass is 531 g/mol. The van der Waals surface area contributed by atoms with Gasteiger partial charge in [0.05, 0.1) is 29.2 Å². The van der Waals surface area contributed by atoms with Gasteiger partial charge in [-0.1, -0.05) is 74.4 Å². The minimum absolute atomic E-state index is 0.212. The third-order valence-electron chi connectivity index (χ3n) is 6.64. The van der Waals surface area contributed by atoms with Crippen LogP contribution in [0.4, 0.5) is 0 Å². The minimum atomic E-state index is -0.850. The van der Waals surface area contributed by atoms with E-state index < -0.39 is 11.4 Å². The smallest absolute Gasteiger partial charge is 0.266 e. The van der Waals surface area contributed by atoms with Crippen LogP contribution in [-0.4, -0.2) is 33.5 Å². The average molecular weight is 532 g/mol. The Morgan fingerprint density at radius 3 is 2.39 bits per heavy atom. The lowest BCUT2D eigenvalue weighted by Gasteiger charge is -2.32. The molecule has 1 aromatic heterocycles. The second-order valence-electron chi connectivity index (χ2n) is 9.22. The van der Waals surface area contributed by atoms with Crippen LogP contribution >= 0.6 is 11.6 Å². The molecule has 0 N–H and O–H groups in total. The number of unbranched alkanes of at least 4 members (excludes halogenated alkanes) is 2. The molecule has 0 saturated heterocycles. The number of halogens is 1. The van der Waals surface area contributed by atoms with Crippen LogP contribution in [0.5, 0.6) is 5.75 Å². The van der Waals surface area contributed by atoms with E-state index in [4.69, 9.17) is 21.3 Å². The molecule has 0 bridgehead atoms. The molecule has 1 amide bonds. The number of carbonyl (C=O) groups is 1. The Balaban J connectivity index is 1.88. The van der Waals surface area contributed by atoms with Crippen molar-refractivity contribution < 1.29 is 9.53 Å². The first kappa shape index (κ1) is 27.4. The summed E-state index contributed by atoms with van der Waals surface area (Å²) in [4.78, 5) is 34.5. The Bertz CT molecular complexity index is 1440. The fraction of sp³-hybridized carbons (Fsp3) is 0.323. The molecule has 0 fully saturated rings. The fourth-order valence-corrected chi connectivity index (χ4v) is 4.93. The lowest BCUT2D eigenvalue weighted by Crippen LogP contribution is -2.39. The van der Waals surface area contributed by atoms with Gasteiger partial charge in [-0.3, -0.25) is 14.2 Å². The van der Waals surface area contributed by atoms with Crippen molar-refractivity contribution in [1.82, 2.24) is 14.5 Å². The molecule has 2 unspecified atom stereocenters. The van der Waals surface area contributed by atoms with Crippen LogP contribution < -0.4 is 10.3 Å². The normalized spacial score (nSPS) is 12.7. The van der Waals surface area contributed by atoms with E-state index in [1.807, 2.05) is 86.6 Å². The fourth-order valence-electron chi connectivity index (χ4n) is 4.66. The Morgan fingerprint density at radius 2 is 1.66 bits per heavy atom. The third kappa shape index (κ3) is 5.76. The van der Waals surface area contributed by atoms with Crippen LogP contribution in [0.15, 0.2) is 83.7 Å². The van der Waals surface area contributed by atoms with E-state index in [-0.39, 0.29) is 11.5 Å². The highest BCUT2D eigenvalue weighted by atomic mass is 35.5. The summed E-state index contributed by atoms with van der Waals surface area (Å²) in [6.07, 6.45) is 2.80. The van der Waals surface area contributed by atoms with Crippen molar-refractivity contribution in [2.75, 3.05) is 13.2 Å². The minimum Gasteiger partial charge on any atom is -0.492 e. The van der Waals surface area contributed by atoms with Crippen LogP contribution in [-0.2, 0) is 4.79 Å². The number of aromatic nitrogens is 2. The lowest BCUT2D eigenvalue weighted by atomic mass is 10.1. The van der Waals surface area contributed by atoms with E-state index in [0.29, 0.717) is 41.3 Å². The topological polar surface area (TPSA) is 64.4 Å². The first-order valence-corrected chi connectivity index (χ1v) is 13.6. The van der Waals surface area contributed by atoms with Crippen LogP contribution in [0, 0.1) is 0 Å². The molecular weight excluding hydrogens is 498 g/mol. The van der Waals surface area contributed by atoms with Crippen LogP contribution in [0.3, 0.4) is 0 Å². The molecule has 6 nitrogen and oxygen atoms in total. The second kappa shape index (κ2) is 12.7. The Morgan fingerprint density at radius 1 is 0.974 bits per heavy atom. The molecule has 7 heteroatoms. The summed E-state index contributed by atoms with van der Waals surface area (Å²) in [6.45, 7) is 6.88. The van der Waals surface area contributed by atoms with Gasteiger partial charge >= 0.3 is 0 Å². The van der Waals surface area contributed by atoms with E-state index >= 15 is 0 Å². The molecule has 0 radical (unpaired) electrons. The van der Waals surface area contributed by atoms with Gasteiger partial charge in [0.25, 0.3) is 5.56 Å². The molecule has 0 saturated carbocycles. The average Bonchev–Trinajstić information content (AvgIpc) is 2.95. The summed E-state index contributed by atoms with van der Waals surface area (Å²) in [7, 11) is 0. The quantitative estimate of drug-likeness (QED) is 0.157. The second-order valence-corrected chi connectivity index (χ2v) is 9.65. The number of para-hydroxylation sites is 3. The Kier molecular flexibility index (Phi) is 9.19. The summed E-state index contributed by atoms with van der Waals surface area (Å²) in [5.41, 5.74) is 1.69. The van der Waals surface area contributed by atoms with E-state index in [1.165, 1.54) is 0 Å². The molecule has 38 heavy (non-hydrogen) atoms. The SMILES string of the molecule is CCCCCN(C(=O)C(Cl)c1ccccc1)C(C)c1nc2ccccc2c(=O)n1-c1ccccc1OCC. The van der Waals surface area contributed by atoms with Crippen molar-refractivity contribution in [3.8, 4) is 11.4 Å². The van der Waals surface area contributed by atoms with Crippen LogP contribution in [0.25, 0.3) is 16.6 Å². The number of alkyl halides is 1. The van der Waals surface area contributed by atoms with Gasteiger partial charge in [0.15, 0.2) is 0 Å². The Hall–Kier alpha value is -3.64. The highest BCUT2D eigenvalue weighted by Gasteiger charge is 2.31. The van der Waals surface area contributed by atoms with Crippen molar-refractivity contribution in [3.63, 3.8) is 0 Å². The predicted molar refractivity (Wildman–Crippen MR) is 153 cm³/mol. The van der Waals surface area contributed by atoms with Gasteiger partial charge in [0.2, 0.25) is 5.91 Å². The van der Waals surface area contributed by atoms with Crippen molar-refractivity contribution in [3.05, 3.63) is 101 Å². The maximum Gasteiger partial charge on any atom is 0.266 e. The van der Waals surface area contributed by atoms with E-state index in [0.717, 1.165) is 24.8 Å². The highest BCUT2D eigenvalue weighted by Crippen LogP contribution is 2.31. The Labute approximate surface area is 228 Å². The van der Waals surface area contributed by atoms with E-state index in [1.54, 1.807) is 15.5 Å². The van der Waals surface area contributed by atoms with Gasteiger partial charge in [-0.2, -0.15) is 0 Å². The number of fused-ring (bicyclic) bond motifs is 1. The molecule has 3 aromatic carbocycles. The van der Waals surface area contributed by atoms with Crippen molar-refractivity contribution in [2.24, 2.45) is 0 Å². The third-order valence-corrected chi connectivity index (χ3v) is 7.08. The number of nitrogens with zero attached hydrogens (tertiary/aromatic N) is 3. The highest BCUT2D eigenvalue weighted by molar-refractivity contribution is 6.30. The summed E-state index contributed by atoms with van der Waals surface area (Å²) in [5.74, 6) is 0.821. The molecule has 2 atom stereocenters. The summed E-state index contributed by atoms with van der Waals surface area (Å²) in [6, 6.07) is 23.5. The zero-order chi connectivity index (χ0) is 27.1. The number of benzene rings is 3. The maximum absolute atomic E-state index is 14.0. The molecule has 0 aliphatic rings. The molecule has 4 rings (SSSR count). The predicted octanol–water partition coefficient (Wildman–Crippen LogP) is 6.84. The molecule has 4 aromatic rings. The maximum atomic E-state index is 14.0. The number of carbonyl (C=O) groups excluding carboxylic acids is 1. The molecule has 1 heterocycles. The molecule has 0 aliphatic carbocycles. The van der Waals surface area contributed by atoms with E-state index in [9.17, 15) is 9.59 Å². The molecule has 0 spiro atoms. The number of rotatable bonds is 11. The van der Waals surface area contributed by atoms with Gasteiger partial charge < -0.3 is 9.64 Å². The van der Waals surface area contributed by atoms with Gasteiger partial charge in [-0.25, -0.2) is 4.98 Å². The lowest BCUT2D eigenvalue weighted by molar-refractivity contribution is -0.133. The van der Waals surface area contributed by atoms with Gasteiger partial charge in [-0.15, -0.1) is 11.6 Å². The van der Waals surface area contributed by atoms with Gasteiger partial charge in [0, 0.05) is 6.54 Å². The van der Waals surface area contributed by atoms with Crippen molar-refractivity contribution in [1.29, 1.82) is 0 Å². The zero-order valence-electron chi connectivity index (χ0n) is 22.1. The molecule has 198 valence electrons. The number of hydrogen-bond acceptors (Lipinski definition) is 4. The first-order chi connectivity index (χ1) is 18.5. The first-order valence-electron chi connectivity index (χ1n) is 13.2. The summed E-state index contributed by atoms with van der Waals surface area (Å²) in [5, 5.41) is -0.352. The molecular formula is C31H34ClN3O3. The van der Waals surface area contributed by atoms with Gasteiger partial charge in [-0.05, 0) is 50.1 Å². The largest absolute Gasteiger partial charge is 0.492 e. The van der Waals surface area contributed by atoms with Gasteiger partial charge in [0.1, 0.15) is 17.0 Å². The number of ether oxygens (including phenoxy) is 1. The number of amides is 1. The van der Waals surface area contributed by atoms with E-state index in [2.05, 4.69) is 6.92 Å². The summed E-state index contributed by atoms with van der Waals surface area (Å²) >= 11 is 6.75. The van der Waals surface area contributed by atoms with Crippen molar-refractivity contribution in [2.45, 2.75) is 51.5 Å². The number of hydrogen-bond donors (Lipinski definition) is 0. The zero-order valence-corrected chi connectivity index (χ0v) is 22.9. The van der Waals surface area contributed by atoms with Crippen LogP contribution in [0.1, 0.15) is 62.8 Å². The summed E-state index contributed by atoms with van der Waals surface area (Å²) < 4.78 is 7.47. The van der Waals surface area contributed by atoms with Crippen molar-refractivity contribution >= 4 is 28.4 Å². The standard InChI is InChI=1S/C31H34ClN3O3/c1-4-6-14-21-34(31(37)28(32)23-15-8-7-9-16-23)22(3)29-33-25-18-11-10-17-24(25)30(36)35(29)26-19-12-13-20-27(26)38-5-2/h7-13,15-20,22,28H,4-6,14,21H2,1-3H3. The van der Waals surface area contributed by atoms with Crippen LogP contribution in [0.2, 0.25) is 0 Å². The molecule has 0 aliphatic heterocycles.